The van der Waals surface area contributed by atoms with E-state index in [0.29, 0.717) is 0 Å². The zero-order chi connectivity index (χ0) is 16.2. The van der Waals surface area contributed by atoms with E-state index in [2.05, 4.69) is 34.6 Å². The molecule has 1 heterocycles. The van der Waals surface area contributed by atoms with Gasteiger partial charge in [0, 0.05) is 32.1 Å². The van der Waals surface area contributed by atoms with Crippen molar-refractivity contribution in [1.29, 1.82) is 0 Å². The van der Waals surface area contributed by atoms with Crippen molar-refractivity contribution in [2.45, 2.75) is 58.9 Å². The van der Waals surface area contributed by atoms with Crippen molar-refractivity contribution in [3.8, 4) is 0 Å². The van der Waals surface area contributed by atoms with Crippen molar-refractivity contribution in [3.63, 3.8) is 0 Å². The van der Waals surface area contributed by atoms with Gasteiger partial charge in [-0.15, -0.1) is 0 Å². The van der Waals surface area contributed by atoms with Crippen molar-refractivity contribution in [2.24, 2.45) is 22.7 Å². The lowest BCUT2D eigenvalue weighted by molar-refractivity contribution is 0.380. The maximum Gasteiger partial charge on any atom is 0.191 e. The Hall–Kier alpha value is -1.52. The molecule has 23 heavy (non-hydrogen) atoms. The Morgan fingerprint density at radius 1 is 1.17 bits per heavy atom. The molecule has 0 bridgehead atoms. The van der Waals surface area contributed by atoms with Gasteiger partial charge in [-0.05, 0) is 49.9 Å². The molecule has 0 unspecified atom stereocenters. The monoisotopic (exact) mass is 318 g/mol. The Morgan fingerprint density at radius 2 is 1.87 bits per heavy atom. The molecular formula is C18H30N4O. The van der Waals surface area contributed by atoms with E-state index in [1.165, 1.54) is 31.2 Å². The second-order valence-corrected chi connectivity index (χ2v) is 6.88. The lowest BCUT2D eigenvalue weighted by Crippen LogP contribution is -2.40. The van der Waals surface area contributed by atoms with Gasteiger partial charge < -0.3 is 15.2 Å². The number of nitrogens with one attached hydrogen (secondary N) is 2. The molecule has 2 aliphatic rings. The first-order valence-electron chi connectivity index (χ1n) is 9.17. The summed E-state index contributed by atoms with van der Waals surface area (Å²) in [6.07, 6.45) is 7.48. The molecule has 0 aromatic carbocycles. The molecule has 0 spiro atoms. The molecular weight excluding hydrogens is 288 g/mol. The zero-order valence-electron chi connectivity index (χ0n) is 14.7. The van der Waals surface area contributed by atoms with Crippen LogP contribution in [0.2, 0.25) is 0 Å². The third-order valence-electron chi connectivity index (χ3n) is 5.22. The fourth-order valence-corrected chi connectivity index (χ4v) is 3.51. The number of aryl methyl sites for hydroxylation is 2. The van der Waals surface area contributed by atoms with Crippen LogP contribution in [0.4, 0.5) is 0 Å². The van der Waals surface area contributed by atoms with Crippen LogP contribution in [0.3, 0.4) is 0 Å². The molecule has 3 rings (SSSR count). The molecule has 128 valence electrons. The van der Waals surface area contributed by atoms with E-state index in [1.807, 2.05) is 7.05 Å². The van der Waals surface area contributed by atoms with Gasteiger partial charge in [0.15, 0.2) is 5.96 Å². The molecule has 0 radical (unpaired) electrons. The number of guanidine groups is 1. The number of nitrogens with zero attached hydrogens (tertiary/aromatic N) is 2. The summed E-state index contributed by atoms with van der Waals surface area (Å²) in [6.45, 7) is 6.00. The number of hydrogen-bond acceptors (Lipinski definition) is 3. The first kappa shape index (κ1) is 16.3. The number of aliphatic imine (C=N–C) groups is 1. The molecule has 5 heteroatoms. The molecule has 0 aliphatic heterocycles. The number of aromatic nitrogens is 1. The lowest BCUT2D eigenvalue weighted by atomic mass is 9.98. The molecule has 2 saturated carbocycles. The predicted molar refractivity (Wildman–Crippen MR) is 92.4 cm³/mol. The van der Waals surface area contributed by atoms with E-state index in [0.717, 1.165) is 61.1 Å². The fraction of sp³-hybridized carbons (Fsp3) is 0.778. The van der Waals surface area contributed by atoms with Crippen molar-refractivity contribution < 1.29 is 4.52 Å². The van der Waals surface area contributed by atoms with Gasteiger partial charge in [0.2, 0.25) is 0 Å². The second-order valence-electron chi connectivity index (χ2n) is 6.88. The van der Waals surface area contributed by atoms with Crippen molar-refractivity contribution in [2.75, 3.05) is 13.6 Å². The molecule has 0 amide bonds. The predicted octanol–water partition coefficient (Wildman–Crippen LogP) is 2.90. The SMILES string of the molecule is CCc1noc(CC)c1CNC(=NC)NCC(C1CC1)C1CC1. The van der Waals surface area contributed by atoms with Gasteiger partial charge in [0.05, 0.1) is 5.69 Å². The highest BCUT2D eigenvalue weighted by atomic mass is 16.5. The van der Waals surface area contributed by atoms with Crippen LogP contribution in [0.15, 0.2) is 9.52 Å². The summed E-state index contributed by atoms with van der Waals surface area (Å²) in [5, 5.41) is 11.1. The summed E-state index contributed by atoms with van der Waals surface area (Å²) in [7, 11) is 1.84. The van der Waals surface area contributed by atoms with Crippen LogP contribution in [0.5, 0.6) is 0 Å². The third-order valence-corrected chi connectivity index (χ3v) is 5.22. The molecule has 0 atom stereocenters. The summed E-state index contributed by atoms with van der Waals surface area (Å²) in [5.74, 6) is 4.65. The number of hydrogen-bond donors (Lipinski definition) is 2. The van der Waals surface area contributed by atoms with Gasteiger partial charge in [-0.25, -0.2) is 0 Å². The van der Waals surface area contributed by atoms with Crippen LogP contribution in [-0.2, 0) is 19.4 Å². The Labute approximate surface area is 139 Å². The van der Waals surface area contributed by atoms with E-state index in [1.54, 1.807) is 0 Å². The van der Waals surface area contributed by atoms with Crippen LogP contribution >= 0.6 is 0 Å². The summed E-state index contributed by atoms with van der Waals surface area (Å²) in [6, 6.07) is 0. The fourth-order valence-electron chi connectivity index (χ4n) is 3.51. The molecule has 1 aromatic rings. The van der Waals surface area contributed by atoms with Gasteiger partial charge in [0.25, 0.3) is 0 Å². The topological polar surface area (TPSA) is 62.5 Å². The van der Waals surface area contributed by atoms with Gasteiger partial charge in [-0.1, -0.05) is 19.0 Å². The van der Waals surface area contributed by atoms with E-state index in [9.17, 15) is 0 Å². The summed E-state index contributed by atoms with van der Waals surface area (Å²) >= 11 is 0. The smallest absolute Gasteiger partial charge is 0.191 e. The molecule has 0 saturated heterocycles. The first-order valence-corrected chi connectivity index (χ1v) is 9.17. The van der Waals surface area contributed by atoms with Crippen molar-refractivity contribution >= 4 is 5.96 Å². The summed E-state index contributed by atoms with van der Waals surface area (Å²) < 4.78 is 5.43. The maximum absolute atomic E-state index is 5.43. The van der Waals surface area contributed by atoms with E-state index in [4.69, 9.17) is 4.52 Å². The lowest BCUT2D eigenvalue weighted by Gasteiger charge is -2.18. The van der Waals surface area contributed by atoms with Crippen molar-refractivity contribution in [1.82, 2.24) is 15.8 Å². The van der Waals surface area contributed by atoms with Crippen LogP contribution in [-0.4, -0.2) is 24.7 Å². The number of rotatable bonds is 8. The van der Waals surface area contributed by atoms with Gasteiger partial charge in [0.1, 0.15) is 5.76 Å². The van der Waals surface area contributed by atoms with Gasteiger partial charge >= 0.3 is 0 Å². The third kappa shape index (κ3) is 4.06. The minimum atomic E-state index is 0.729. The quantitative estimate of drug-likeness (QED) is 0.571. The minimum absolute atomic E-state index is 0.729. The summed E-state index contributed by atoms with van der Waals surface area (Å²) in [4.78, 5) is 4.37. The van der Waals surface area contributed by atoms with Crippen molar-refractivity contribution in [3.05, 3.63) is 17.0 Å². The highest BCUT2D eigenvalue weighted by Gasteiger charge is 2.41. The van der Waals surface area contributed by atoms with Crippen LogP contribution in [0, 0.1) is 17.8 Å². The highest BCUT2D eigenvalue weighted by molar-refractivity contribution is 5.79. The Morgan fingerprint density at radius 3 is 2.39 bits per heavy atom. The van der Waals surface area contributed by atoms with Crippen LogP contribution in [0.1, 0.15) is 56.5 Å². The molecule has 5 nitrogen and oxygen atoms in total. The molecule has 2 N–H and O–H groups in total. The molecule has 2 aliphatic carbocycles. The van der Waals surface area contributed by atoms with E-state index < -0.39 is 0 Å². The Kier molecular flexibility index (Phi) is 5.23. The summed E-state index contributed by atoms with van der Waals surface area (Å²) in [5.41, 5.74) is 2.25. The maximum atomic E-state index is 5.43. The second kappa shape index (κ2) is 7.37. The zero-order valence-corrected chi connectivity index (χ0v) is 14.7. The standard InChI is InChI=1S/C18H30N4O/c1-4-16-15(17(5-2)23-22-16)11-21-18(19-3)20-10-14(12-6-7-12)13-8-9-13/h12-14H,4-11H2,1-3H3,(H2,19,20,21). The minimum Gasteiger partial charge on any atom is -0.361 e. The largest absolute Gasteiger partial charge is 0.361 e. The van der Waals surface area contributed by atoms with Gasteiger partial charge in [-0.3, -0.25) is 4.99 Å². The van der Waals surface area contributed by atoms with Crippen LogP contribution in [0.25, 0.3) is 0 Å². The Bertz CT molecular complexity index is 510. The Balaban J connectivity index is 1.52. The van der Waals surface area contributed by atoms with Gasteiger partial charge in [-0.2, -0.15) is 0 Å². The van der Waals surface area contributed by atoms with Crippen LogP contribution < -0.4 is 10.6 Å². The highest BCUT2D eigenvalue weighted by Crippen LogP contribution is 2.48. The average molecular weight is 318 g/mol. The first-order chi connectivity index (χ1) is 11.3. The molecule has 1 aromatic heterocycles. The van der Waals surface area contributed by atoms with E-state index in [-0.39, 0.29) is 0 Å². The normalized spacial score (nSPS) is 18.5. The van der Waals surface area contributed by atoms with E-state index >= 15 is 0 Å². The average Bonchev–Trinajstić information content (AvgIpc) is 3.49. The molecule has 2 fully saturated rings.